The lowest BCUT2D eigenvalue weighted by Gasteiger charge is -2.38. The molecule has 4 rings (SSSR count). The number of carboxylic acids is 1. The first-order valence-corrected chi connectivity index (χ1v) is 12.3. The molecule has 0 saturated carbocycles. The van der Waals surface area contributed by atoms with Gasteiger partial charge >= 0.3 is 5.97 Å². The van der Waals surface area contributed by atoms with Crippen LogP contribution >= 0.6 is 0 Å². The number of allylic oxidation sites excluding steroid dienone is 1. The SMILES string of the molecule is Cc1cc(/C=C/C#N)cc(COC2O[C@H](C(=O)O)[C@H](O)[C@@H](O)[C@@H]2O)c1Nc1ccnc(Nc2ccc(C#N)cc2)n1. The topological polar surface area (TPSA) is 214 Å². The van der Waals surface area contributed by atoms with Crippen molar-refractivity contribution < 1.29 is 34.7 Å². The van der Waals surface area contributed by atoms with Crippen molar-refractivity contribution in [3.05, 3.63) is 77.0 Å². The Morgan fingerprint density at radius 3 is 2.54 bits per heavy atom. The average molecular weight is 559 g/mol. The predicted octanol–water partition coefficient (Wildman–Crippen LogP) is 2.09. The molecule has 1 aliphatic heterocycles. The van der Waals surface area contributed by atoms with Gasteiger partial charge < -0.3 is 40.5 Å². The molecule has 210 valence electrons. The largest absolute Gasteiger partial charge is 0.479 e. The number of aromatic nitrogens is 2. The molecule has 0 amide bonds. The number of benzene rings is 2. The quantitative estimate of drug-likeness (QED) is 0.208. The van der Waals surface area contributed by atoms with Gasteiger partial charge in [-0.15, -0.1) is 0 Å². The van der Waals surface area contributed by atoms with Gasteiger partial charge in [0, 0.05) is 29.2 Å². The highest BCUT2D eigenvalue weighted by Crippen LogP contribution is 2.30. The third kappa shape index (κ3) is 7.01. The van der Waals surface area contributed by atoms with Crippen LogP contribution in [0, 0.1) is 29.6 Å². The first-order chi connectivity index (χ1) is 19.7. The predicted molar refractivity (Wildman–Crippen MR) is 145 cm³/mol. The van der Waals surface area contributed by atoms with Gasteiger partial charge in [0.25, 0.3) is 0 Å². The lowest BCUT2D eigenvalue weighted by Crippen LogP contribution is -2.60. The number of carbonyl (C=O) groups is 1. The molecule has 2 heterocycles. The zero-order valence-electron chi connectivity index (χ0n) is 21.7. The number of hydrogen-bond donors (Lipinski definition) is 6. The zero-order chi connectivity index (χ0) is 29.5. The fourth-order valence-corrected chi connectivity index (χ4v) is 4.15. The summed E-state index contributed by atoms with van der Waals surface area (Å²) in [7, 11) is 0. The number of nitrogens with one attached hydrogen (secondary N) is 2. The molecular weight excluding hydrogens is 532 g/mol. The van der Waals surface area contributed by atoms with Crippen LogP contribution in [-0.2, 0) is 20.9 Å². The molecule has 2 aromatic carbocycles. The van der Waals surface area contributed by atoms with Crippen LogP contribution in [-0.4, -0.2) is 67.1 Å². The number of carboxylic acid groups (broad SMARTS) is 1. The van der Waals surface area contributed by atoms with Gasteiger partial charge in [0.15, 0.2) is 12.4 Å². The number of ether oxygens (including phenoxy) is 2. The van der Waals surface area contributed by atoms with E-state index in [4.69, 9.17) is 20.0 Å². The molecule has 1 fully saturated rings. The van der Waals surface area contributed by atoms with Crippen molar-refractivity contribution in [2.24, 2.45) is 0 Å². The van der Waals surface area contributed by atoms with E-state index in [1.54, 1.807) is 48.7 Å². The first-order valence-electron chi connectivity index (χ1n) is 12.3. The monoisotopic (exact) mass is 558 g/mol. The van der Waals surface area contributed by atoms with E-state index in [1.165, 1.54) is 6.08 Å². The van der Waals surface area contributed by atoms with Crippen LogP contribution in [0.3, 0.4) is 0 Å². The summed E-state index contributed by atoms with van der Waals surface area (Å²) in [5.41, 5.74) is 3.71. The molecule has 0 aliphatic carbocycles. The number of aliphatic hydroxyl groups is 3. The van der Waals surface area contributed by atoms with E-state index in [1.807, 2.05) is 19.1 Å². The molecule has 3 aromatic rings. The molecule has 6 N–H and O–H groups in total. The second-order valence-corrected chi connectivity index (χ2v) is 9.09. The van der Waals surface area contributed by atoms with E-state index in [0.29, 0.717) is 33.9 Å². The Bertz CT molecular complexity index is 1520. The number of aliphatic carboxylic acids is 1. The highest BCUT2D eigenvalue weighted by atomic mass is 16.7. The lowest BCUT2D eigenvalue weighted by atomic mass is 9.99. The minimum Gasteiger partial charge on any atom is -0.479 e. The smallest absolute Gasteiger partial charge is 0.335 e. The van der Waals surface area contributed by atoms with Crippen LogP contribution in [0.15, 0.2) is 54.7 Å². The number of hydrogen-bond acceptors (Lipinski definition) is 12. The second kappa shape index (κ2) is 13.0. The van der Waals surface area contributed by atoms with Crippen LogP contribution in [0.1, 0.15) is 22.3 Å². The fourth-order valence-electron chi connectivity index (χ4n) is 4.15. The minimum absolute atomic E-state index is 0.213. The third-order valence-electron chi connectivity index (χ3n) is 6.18. The number of aryl methyl sites for hydroxylation is 1. The molecule has 0 radical (unpaired) electrons. The van der Waals surface area contributed by atoms with E-state index < -0.39 is 36.7 Å². The van der Waals surface area contributed by atoms with E-state index in [-0.39, 0.29) is 12.6 Å². The number of nitriles is 2. The fraction of sp³-hybridized carbons (Fsp3) is 0.250. The van der Waals surface area contributed by atoms with Gasteiger partial charge in [0.05, 0.1) is 24.3 Å². The first kappa shape index (κ1) is 29.1. The van der Waals surface area contributed by atoms with Crippen LogP contribution in [0.4, 0.5) is 23.1 Å². The molecule has 1 saturated heterocycles. The van der Waals surface area contributed by atoms with Crippen molar-refractivity contribution in [2.75, 3.05) is 10.6 Å². The molecule has 0 spiro atoms. The lowest BCUT2D eigenvalue weighted by molar-refractivity contribution is -0.297. The van der Waals surface area contributed by atoms with Gasteiger partial charge in [-0.1, -0.05) is 0 Å². The van der Waals surface area contributed by atoms with E-state index >= 15 is 0 Å². The molecule has 5 atom stereocenters. The normalized spacial score (nSPS) is 22.0. The maximum absolute atomic E-state index is 11.4. The van der Waals surface area contributed by atoms with E-state index in [0.717, 1.165) is 5.56 Å². The molecule has 1 aliphatic rings. The van der Waals surface area contributed by atoms with Crippen LogP contribution in [0.25, 0.3) is 6.08 Å². The average Bonchev–Trinajstić information content (AvgIpc) is 2.96. The third-order valence-corrected chi connectivity index (χ3v) is 6.18. The summed E-state index contributed by atoms with van der Waals surface area (Å²) in [5.74, 6) is -0.818. The van der Waals surface area contributed by atoms with Crippen molar-refractivity contribution in [1.29, 1.82) is 10.5 Å². The Labute approximate surface area is 234 Å². The van der Waals surface area contributed by atoms with Crippen molar-refractivity contribution >= 4 is 35.2 Å². The van der Waals surface area contributed by atoms with Crippen LogP contribution in [0.5, 0.6) is 0 Å². The number of aliphatic hydroxyl groups excluding tert-OH is 3. The van der Waals surface area contributed by atoms with Crippen molar-refractivity contribution in [1.82, 2.24) is 9.97 Å². The van der Waals surface area contributed by atoms with Crippen LogP contribution in [0.2, 0.25) is 0 Å². The Kier molecular flexibility index (Phi) is 9.21. The van der Waals surface area contributed by atoms with Crippen molar-refractivity contribution in [3.8, 4) is 12.1 Å². The zero-order valence-corrected chi connectivity index (χ0v) is 21.7. The Balaban J connectivity index is 1.58. The maximum atomic E-state index is 11.4. The molecule has 1 unspecified atom stereocenters. The Morgan fingerprint density at radius 1 is 1.10 bits per heavy atom. The molecule has 13 heteroatoms. The molecule has 41 heavy (non-hydrogen) atoms. The van der Waals surface area contributed by atoms with E-state index in [2.05, 4.69) is 26.7 Å². The van der Waals surface area contributed by atoms with Gasteiger partial charge in [-0.25, -0.2) is 9.78 Å². The van der Waals surface area contributed by atoms with Crippen molar-refractivity contribution in [2.45, 2.75) is 44.2 Å². The molecule has 13 nitrogen and oxygen atoms in total. The number of anilines is 4. The van der Waals surface area contributed by atoms with E-state index in [9.17, 15) is 25.2 Å². The molecule has 0 bridgehead atoms. The molecular formula is C28H26N6O7. The second-order valence-electron chi connectivity index (χ2n) is 9.09. The number of nitrogens with zero attached hydrogens (tertiary/aromatic N) is 4. The van der Waals surface area contributed by atoms with Crippen molar-refractivity contribution in [3.63, 3.8) is 0 Å². The summed E-state index contributed by atoms with van der Waals surface area (Å²) in [6, 6.07) is 15.9. The minimum atomic E-state index is -1.84. The summed E-state index contributed by atoms with van der Waals surface area (Å²) in [5, 5.41) is 63.9. The summed E-state index contributed by atoms with van der Waals surface area (Å²) in [6.07, 6.45) is -4.26. The Morgan fingerprint density at radius 2 is 1.85 bits per heavy atom. The summed E-state index contributed by atoms with van der Waals surface area (Å²) >= 11 is 0. The van der Waals surface area contributed by atoms with Gasteiger partial charge in [-0.3, -0.25) is 0 Å². The van der Waals surface area contributed by atoms with Gasteiger partial charge in [0.2, 0.25) is 5.95 Å². The maximum Gasteiger partial charge on any atom is 0.335 e. The summed E-state index contributed by atoms with van der Waals surface area (Å²) in [6.45, 7) is 1.61. The van der Waals surface area contributed by atoms with Gasteiger partial charge in [0.1, 0.15) is 24.1 Å². The number of rotatable bonds is 9. The highest BCUT2D eigenvalue weighted by molar-refractivity contribution is 5.73. The summed E-state index contributed by atoms with van der Waals surface area (Å²) in [4.78, 5) is 20.2. The Hall–Kier alpha value is -4.89. The van der Waals surface area contributed by atoms with Crippen LogP contribution < -0.4 is 10.6 Å². The molecule has 1 aromatic heterocycles. The summed E-state index contributed by atoms with van der Waals surface area (Å²) < 4.78 is 10.9. The highest BCUT2D eigenvalue weighted by Gasteiger charge is 2.47. The standard InChI is InChI=1S/C28H26N6O7/c1-15-11-17(3-2-9-29)12-18(14-40-27-24(37)22(35)23(36)25(41-27)26(38)39)21(15)33-20-8-10-31-28(34-20)32-19-6-4-16(13-30)5-7-19/h2-8,10-12,22-25,27,35-37H,14H2,1H3,(H,38,39)(H2,31,32,33,34)/b3-2+/t22-,23-,24+,25+,27?/m1/s1. The van der Waals surface area contributed by atoms with Gasteiger partial charge in [-0.05, 0) is 66.6 Å². The van der Waals surface area contributed by atoms with Gasteiger partial charge in [-0.2, -0.15) is 15.5 Å².